The summed E-state index contributed by atoms with van der Waals surface area (Å²) >= 11 is 5.94. The second-order valence-corrected chi connectivity index (χ2v) is 7.06. The zero-order valence-corrected chi connectivity index (χ0v) is 15.3. The van der Waals surface area contributed by atoms with Gasteiger partial charge in [0.25, 0.3) is 5.91 Å². The molecule has 10 heteroatoms. The summed E-state index contributed by atoms with van der Waals surface area (Å²) in [6.45, 7) is 4.10. The Morgan fingerprint density at radius 1 is 1.38 bits per heavy atom. The van der Waals surface area contributed by atoms with Crippen molar-refractivity contribution in [2.24, 2.45) is 11.1 Å². The third-order valence-corrected chi connectivity index (χ3v) is 4.07. The summed E-state index contributed by atoms with van der Waals surface area (Å²) in [7, 11) is 1.42. The number of carbonyl (C=O) groups excluding carboxylic acids is 1. The van der Waals surface area contributed by atoms with Crippen LogP contribution in [-0.2, 0) is 6.18 Å². The van der Waals surface area contributed by atoms with Crippen LogP contribution in [0.25, 0.3) is 5.82 Å². The number of nitrogens with zero attached hydrogens (tertiary/aromatic N) is 4. The third-order valence-electron chi connectivity index (χ3n) is 3.77. The van der Waals surface area contributed by atoms with Crippen LogP contribution in [0.2, 0.25) is 5.02 Å². The maximum atomic E-state index is 13.7. The number of halogens is 4. The fraction of sp³-hybridized carbons (Fsp3) is 0.438. The summed E-state index contributed by atoms with van der Waals surface area (Å²) in [6, 6.07) is 2.88. The third kappa shape index (κ3) is 4.16. The van der Waals surface area contributed by atoms with Gasteiger partial charge in [-0.25, -0.2) is 9.67 Å². The molecule has 2 N–H and O–H groups in total. The molecule has 26 heavy (non-hydrogen) atoms. The second kappa shape index (κ2) is 7.24. The lowest BCUT2D eigenvalue weighted by Gasteiger charge is -2.29. The Morgan fingerprint density at radius 3 is 2.58 bits per heavy atom. The first-order valence-electron chi connectivity index (χ1n) is 7.69. The second-order valence-electron chi connectivity index (χ2n) is 6.65. The van der Waals surface area contributed by atoms with E-state index in [0.29, 0.717) is 4.68 Å². The van der Waals surface area contributed by atoms with E-state index in [1.54, 1.807) is 0 Å². The van der Waals surface area contributed by atoms with E-state index in [1.165, 1.54) is 30.3 Å². The number of rotatable bonds is 5. The van der Waals surface area contributed by atoms with Crippen LogP contribution < -0.4 is 5.73 Å². The maximum Gasteiger partial charge on any atom is 0.434 e. The lowest BCUT2D eigenvalue weighted by atomic mass is 9.93. The van der Waals surface area contributed by atoms with E-state index in [4.69, 9.17) is 17.3 Å². The molecule has 142 valence electrons. The minimum Gasteiger partial charge on any atom is -0.341 e. The molecule has 6 nitrogen and oxygen atoms in total. The van der Waals surface area contributed by atoms with Gasteiger partial charge in [0.1, 0.15) is 0 Å². The van der Waals surface area contributed by atoms with Crippen molar-refractivity contribution in [1.82, 2.24) is 19.7 Å². The number of amides is 1. The molecule has 0 unspecified atom stereocenters. The van der Waals surface area contributed by atoms with Gasteiger partial charge in [-0.05, 0) is 24.1 Å². The Kier molecular flexibility index (Phi) is 5.62. The highest BCUT2D eigenvalue weighted by Gasteiger charge is 2.42. The average molecular weight is 390 g/mol. The fourth-order valence-electron chi connectivity index (χ4n) is 2.46. The standard InChI is InChI=1S/C16H19ClF3N5O/c1-15(2,8-21)9-24(3)14(26)10-7-23-25(12(10)16(18,19)20)13-11(17)5-4-6-22-13/h4-7H,8-9,21H2,1-3H3. The molecule has 0 saturated carbocycles. The van der Waals surface area contributed by atoms with E-state index in [0.717, 1.165) is 6.20 Å². The van der Waals surface area contributed by atoms with E-state index < -0.39 is 28.8 Å². The molecule has 1 amide bonds. The Bertz CT molecular complexity index is 803. The molecule has 2 heterocycles. The Labute approximate surface area is 153 Å². The first-order valence-corrected chi connectivity index (χ1v) is 8.07. The molecule has 2 aromatic heterocycles. The van der Waals surface area contributed by atoms with Crippen LogP contribution in [0.4, 0.5) is 13.2 Å². The van der Waals surface area contributed by atoms with Crippen LogP contribution in [0, 0.1) is 5.41 Å². The Hall–Kier alpha value is -2.13. The van der Waals surface area contributed by atoms with Gasteiger partial charge in [-0.2, -0.15) is 18.3 Å². The van der Waals surface area contributed by atoms with Gasteiger partial charge in [0.05, 0.1) is 16.8 Å². The average Bonchev–Trinajstić information content (AvgIpc) is 2.99. The van der Waals surface area contributed by atoms with E-state index in [1.807, 2.05) is 13.8 Å². The number of hydrogen-bond acceptors (Lipinski definition) is 4. The molecule has 0 aliphatic heterocycles. The molecule has 0 aromatic carbocycles. The van der Waals surface area contributed by atoms with Crippen molar-refractivity contribution in [3.63, 3.8) is 0 Å². The molecular formula is C16H19ClF3N5O. The van der Waals surface area contributed by atoms with Crippen LogP contribution in [0.3, 0.4) is 0 Å². The molecule has 0 spiro atoms. The SMILES string of the molecule is CN(CC(C)(C)CN)C(=O)c1cnn(-c2ncccc2Cl)c1C(F)(F)F. The van der Waals surface area contributed by atoms with Gasteiger partial charge in [-0.15, -0.1) is 0 Å². The predicted molar refractivity (Wildman–Crippen MR) is 91.2 cm³/mol. The highest BCUT2D eigenvalue weighted by atomic mass is 35.5. The minimum absolute atomic E-state index is 0.0160. The van der Waals surface area contributed by atoms with Crippen LogP contribution in [-0.4, -0.2) is 45.7 Å². The van der Waals surface area contributed by atoms with Crippen LogP contribution >= 0.6 is 11.6 Å². The van der Waals surface area contributed by atoms with E-state index in [2.05, 4.69) is 10.1 Å². The van der Waals surface area contributed by atoms with Crippen molar-refractivity contribution in [3.8, 4) is 5.82 Å². The number of hydrogen-bond donors (Lipinski definition) is 1. The van der Waals surface area contributed by atoms with E-state index in [-0.39, 0.29) is 23.9 Å². The first kappa shape index (κ1) is 20.2. The number of aromatic nitrogens is 3. The highest BCUT2D eigenvalue weighted by Crippen LogP contribution is 2.35. The fourth-order valence-corrected chi connectivity index (χ4v) is 2.66. The number of alkyl halides is 3. The van der Waals surface area contributed by atoms with Gasteiger partial charge in [-0.1, -0.05) is 25.4 Å². The van der Waals surface area contributed by atoms with Gasteiger partial charge >= 0.3 is 6.18 Å². The summed E-state index contributed by atoms with van der Waals surface area (Å²) in [4.78, 5) is 17.7. The summed E-state index contributed by atoms with van der Waals surface area (Å²) in [5, 5.41) is 3.70. The monoisotopic (exact) mass is 389 g/mol. The van der Waals surface area contributed by atoms with Gasteiger partial charge in [0.2, 0.25) is 0 Å². The largest absolute Gasteiger partial charge is 0.434 e. The predicted octanol–water partition coefficient (Wildman–Crippen LogP) is 3.00. The first-order chi connectivity index (χ1) is 12.0. The number of pyridine rings is 1. The molecule has 2 aromatic rings. The number of carbonyl (C=O) groups is 1. The molecular weight excluding hydrogens is 371 g/mol. The molecule has 0 aliphatic carbocycles. The highest BCUT2D eigenvalue weighted by molar-refractivity contribution is 6.32. The zero-order valence-electron chi connectivity index (χ0n) is 14.5. The van der Waals surface area contributed by atoms with Gasteiger partial charge in [-0.3, -0.25) is 4.79 Å². The summed E-state index contributed by atoms with van der Waals surface area (Å²) in [6.07, 6.45) is -2.66. The van der Waals surface area contributed by atoms with Crippen molar-refractivity contribution in [2.45, 2.75) is 20.0 Å². The molecule has 2 rings (SSSR count). The Balaban J connectivity index is 2.51. The molecule has 0 aliphatic rings. The molecule has 0 fully saturated rings. The van der Waals surface area contributed by atoms with Crippen LogP contribution in [0.1, 0.15) is 29.9 Å². The zero-order chi connectivity index (χ0) is 19.7. The van der Waals surface area contributed by atoms with E-state index in [9.17, 15) is 18.0 Å². The molecule has 0 bridgehead atoms. The van der Waals surface area contributed by atoms with Crippen LogP contribution in [0.5, 0.6) is 0 Å². The summed E-state index contributed by atoms with van der Waals surface area (Å²) < 4.78 is 41.5. The summed E-state index contributed by atoms with van der Waals surface area (Å²) in [5.41, 5.74) is 3.39. The van der Waals surface area contributed by atoms with Crippen molar-refractivity contribution in [2.75, 3.05) is 20.1 Å². The van der Waals surface area contributed by atoms with Gasteiger partial charge < -0.3 is 10.6 Å². The van der Waals surface area contributed by atoms with Crippen molar-refractivity contribution in [3.05, 3.63) is 40.8 Å². The Morgan fingerprint density at radius 2 is 2.04 bits per heavy atom. The quantitative estimate of drug-likeness (QED) is 0.852. The molecule has 0 saturated heterocycles. The van der Waals surface area contributed by atoms with E-state index >= 15 is 0 Å². The lowest BCUT2D eigenvalue weighted by molar-refractivity contribution is -0.143. The minimum atomic E-state index is -4.83. The normalized spacial score (nSPS) is 12.3. The van der Waals surface area contributed by atoms with Gasteiger partial charge in [0.15, 0.2) is 11.5 Å². The van der Waals surface area contributed by atoms with Crippen molar-refractivity contribution < 1.29 is 18.0 Å². The topological polar surface area (TPSA) is 77.0 Å². The van der Waals surface area contributed by atoms with Crippen LogP contribution in [0.15, 0.2) is 24.5 Å². The lowest BCUT2D eigenvalue weighted by Crippen LogP contribution is -2.40. The maximum absolute atomic E-state index is 13.7. The molecule has 0 atom stereocenters. The van der Waals surface area contributed by atoms with Crippen molar-refractivity contribution in [1.29, 1.82) is 0 Å². The summed E-state index contributed by atoms with van der Waals surface area (Å²) in [5.74, 6) is -1.01. The smallest absolute Gasteiger partial charge is 0.341 e. The number of nitrogens with two attached hydrogens (primary N) is 1. The van der Waals surface area contributed by atoms with Gasteiger partial charge in [0, 0.05) is 19.8 Å². The molecule has 0 radical (unpaired) electrons. The van der Waals surface area contributed by atoms with Crippen molar-refractivity contribution >= 4 is 17.5 Å².